The summed E-state index contributed by atoms with van der Waals surface area (Å²) in [4.78, 5) is 10.1. The number of ether oxygens (including phenoxy) is 1. The Kier molecular flexibility index (Phi) is 2.81. The normalized spacial score (nSPS) is 9.69. The molecule has 0 aliphatic carbocycles. The van der Waals surface area contributed by atoms with Crippen molar-refractivity contribution >= 4 is 5.69 Å². The fraction of sp³-hybridized carbons (Fsp3) is 0.250. The van der Waals surface area contributed by atoms with Gasteiger partial charge in [-0.05, 0) is 12.1 Å². The van der Waals surface area contributed by atoms with Crippen molar-refractivity contribution in [3.8, 4) is 5.75 Å². The first kappa shape index (κ1) is 9.47. The van der Waals surface area contributed by atoms with E-state index in [0.29, 0.717) is 17.9 Å². The number of rotatable bonds is 3. The van der Waals surface area contributed by atoms with Gasteiger partial charge in [0.15, 0.2) is 0 Å². The van der Waals surface area contributed by atoms with Gasteiger partial charge in [0.1, 0.15) is 12.3 Å². The zero-order valence-electron chi connectivity index (χ0n) is 7.32. The highest BCUT2D eigenvalue weighted by molar-refractivity contribution is 5.45. The molecule has 0 saturated carbocycles. The van der Waals surface area contributed by atoms with Crippen LogP contribution in [0.25, 0.3) is 0 Å². The van der Waals surface area contributed by atoms with Gasteiger partial charge in [0.2, 0.25) is 0 Å². The van der Waals surface area contributed by atoms with E-state index in [0.717, 1.165) is 0 Å². The number of hydrogen-bond donors (Lipinski definition) is 1. The van der Waals surface area contributed by atoms with Gasteiger partial charge in [0.05, 0.1) is 23.7 Å². The molecule has 0 unspecified atom stereocenters. The Morgan fingerprint density at radius 2 is 2.31 bits per heavy atom. The van der Waals surface area contributed by atoms with Crippen molar-refractivity contribution in [1.82, 2.24) is 0 Å². The topological polar surface area (TPSA) is 80.0 Å². The van der Waals surface area contributed by atoms with Crippen LogP contribution in [0.15, 0.2) is 18.2 Å². The van der Waals surface area contributed by atoms with Crippen molar-refractivity contribution in [1.29, 1.82) is 0 Å². The van der Waals surface area contributed by atoms with Crippen LogP contribution in [-0.4, -0.2) is 12.0 Å². The quantitative estimate of drug-likeness (QED) is 0.542. The lowest BCUT2D eigenvalue weighted by atomic mass is 10.2. The predicted molar refractivity (Wildman–Crippen MR) is 46.2 cm³/mol. The summed E-state index contributed by atoms with van der Waals surface area (Å²) in [6.45, 7) is 0.403. The molecule has 0 spiro atoms. The van der Waals surface area contributed by atoms with Gasteiger partial charge in [-0.2, -0.15) is 0 Å². The fourth-order valence-corrected chi connectivity index (χ4v) is 1.05. The molecule has 0 aliphatic rings. The molecule has 70 valence electrons. The highest BCUT2D eigenvalue weighted by atomic mass is 16.6. The van der Waals surface area contributed by atoms with Gasteiger partial charge < -0.3 is 10.5 Å². The molecule has 13 heavy (non-hydrogen) atoms. The van der Waals surface area contributed by atoms with Crippen molar-refractivity contribution in [2.75, 3.05) is 7.11 Å². The van der Waals surface area contributed by atoms with E-state index in [-0.39, 0.29) is 5.69 Å². The third-order valence-corrected chi connectivity index (χ3v) is 1.76. The van der Waals surface area contributed by atoms with Gasteiger partial charge in [0, 0.05) is 0 Å². The number of hydrogen-bond acceptors (Lipinski definition) is 3. The van der Waals surface area contributed by atoms with Crippen LogP contribution in [0, 0.1) is 10.1 Å². The second-order valence-corrected chi connectivity index (χ2v) is 2.50. The summed E-state index contributed by atoms with van der Waals surface area (Å²) in [6.07, 6.45) is 0. The molecular formula is C8H11N2O3+. The minimum absolute atomic E-state index is 0.0642. The predicted octanol–water partition coefficient (Wildman–Crippen LogP) is 0.345. The van der Waals surface area contributed by atoms with Crippen LogP contribution in [0.3, 0.4) is 0 Å². The Morgan fingerprint density at radius 3 is 2.77 bits per heavy atom. The molecule has 0 heterocycles. The van der Waals surface area contributed by atoms with E-state index >= 15 is 0 Å². The SMILES string of the molecule is COc1ccc(C[NH3+])c([N+](=O)[O-])c1. The van der Waals surface area contributed by atoms with Gasteiger partial charge in [-0.3, -0.25) is 10.1 Å². The maximum atomic E-state index is 10.6. The Hall–Kier alpha value is -1.62. The largest absolute Gasteiger partial charge is 0.497 e. The molecule has 0 fully saturated rings. The van der Waals surface area contributed by atoms with Crippen LogP contribution < -0.4 is 10.5 Å². The summed E-state index contributed by atoms with van der Waals surface area (Å²) in [5.41, 5.74) is 4.29. The lowest BCUT2D eigenvalue weighted by molar-refractivity contribution is -0.403. The van der Waals surface area contributed by atoms with E-state index < -0.39 is 4.92 Å². The van der Waals surface area contributed by atoms with Crippen LogP contribution in [0.5, 0.6) is 5.75 Å². The van der Waals surface area contributed by atoms with Gasteiger partial charge in [0.25, 0.3) is 5.69 Å². The highest BCUT2D eigenvalue weighted by Crippen LogP contribution is 2.23. The molecule has 0 bridgehead atoms. The summed E-state index contributed by atoms with van der Waals surface area (Å²) >= 11 is 0. The lowest BCUT2D eigenvalue weighted by Crippen LogP contribution is -2.47. The number of benzene rings is 1. The standard InChI is InChI=1S/C8H10N2O3/c1-13-7-3-2-6(5-9)8(4-7)10(11)12/h2-4H,5,9H2,1H3/p+1. The van der Waals surface area contributed by atoms with E-state index in [4.69, 9.17) is 4.74 Å². The second-order valence-electron chi connectivity index (χ2n) is 2.50. The van der Waals surface area contributed by atoms with Crippen molar-refractivity contribution < 1.29 is 15.4 Å². The van der Waals surface area contributed by atoms with E-state index in [9.17, 15) is 10.1 Å². The number of nitro groups is 1. The van der Waals surface area contributed by atoms with E-state index in [1.807, 2.05) is 0 Å². The molecular weight excluding hydrogens is 172 g/mol. The molecule has 3 N–H and O–H groups in total. The molecule has 5 nitrogen and oxygen atoms in total. The van der Waals surface area contributed by atoms with Gasteiger partial charge in [-0.25, -0.2) is 0 Å². The van der Waals surface area contributed by atoms with Crippen molar-refractivity contribution in [2.24, 2.45) is 0 Å². The molecule has 1 aromatic rings. The summed E-state index contributed by atoms with van der Waals surface area (Å²) < 4.78 is 4.88. The molecule has 0 aliphatic heterocycles. The summed E-state index contributed by atoms with van der Waals surface area (Å²) in [6, 6.07) is 4.75. The monoisotopic (exact) mass is 183 g/mol. The summed E-state index contributed by atoms with van der Waals surface area (Å²) in [7, 11) is 1.48. The van der Waals surface area contributed by atoms with Crippen LogP contribution in [0.2, 0.25) is 0 Å². The minimum atomic E-state index is -0.428. The molecule has 0 aromatic heterocycles. The van der Waals surface area contributed by atoms with Gasteiger partial charge >= 0.3 is 0 Å². The molecule has 0 amide bonds. The first-order chi connectivity index (χ1) is 6.19. The molecule has 5 heteroatoms. The number of nitrogens with zero attached hydrogens (tertiary/aromatic N) is 1. The molecule has 0 atom stereocenters. The van der Waals surface area contributed by atoms with Crippen molar-refractivity contribution in [2.45, 2.75) is 6.54 Å². The Balaban J connectivity index is 3.18. The third-order valence-electron chi connectivity index (χ3n) is 1.76. The average Bonchev–Trinajstić information content (AvgIpc) is 2.16. The van der Waals surface area contributed by atoms with E-state index in [2.05, 4.69) is 5.73 Å². The highest BCUT2D eigenvalue weighted by Gasteiger charge is 2.14. The molecule has 0 saturated heterocycles. The first-order valence-corrected chi connectivity index (χ1v) is 3.79. The minimum Gasteiger partial charge on any atom is -0.497 e. The number of nitro benzene ring substituents is 1. The van der Waals surface area contributed by atoms with Gasteiger partial charge in [-0.15, -0.1) is 0 Å². The maximum Gasteiger partial charge on any atom is 0.281 e. The summed E-state index contributed by atoms with van der Waals surface area (Å²) in [5.74, 6) is 0.490. The van der Waals surface area contributed by atoms with E-state index in [1.165, 1.54) is 13.2 Å². The zero-order chi connectivity index (χ0) is 9.84. The smallest absolute Gasteiger partial charge is 0.281 e. The van der Waals surface area contributed by atoms with Crippen molar-refractivity contribution in [3.63, 3.8) is 0 Å². The van der Waals surface area contributed by atoms with Crippen LogP contribution in [0.4, 0.5) is 5.69 Å². The van der Waals surface area contributed by atoms with Gasteiger partial charge in [-0.1, -0.05) is 0 Å². The first-order valence-electron chi connectivity index (χ1n) is 3.79. The Labute approximate surface area is 75.3 Å². The zero-order valence-corrected chi connectivity index (χ0v) is 7.32. The maximum absolute atomic E-state index is 10.6. The Bertz CT molecular complexity index is 325. The second kappa shape index (κ2) is 3.86. The van der Waals surface area contributed by atoms with E-state index in [1.54, 1.807) is 12.1 Å². The Morgan fingerprint density at radius 1 is 1.62 bits per heavy atom. The lowest BCUT2D eigenvalue weighted by Gasteiger charge is -2.01. The third kappa shape index (κ3) is 1.94. The fourth-order valence-electron chi connectivity index (χ4n) is 1.05. The average molecular weight is 183 g/mol. The van der Waals surface area contributed by atoms with Crippen molar-refractivity contribution in [3.05, 3.63) is 33.9 Å². The molecule has 1 aromatic carbocycles. The number of methoxy groups -OCH3 is 1. The molecule has 0 radical (unpaired) electrons. The summed E-state index contributed by atoms with van der Waals surface area (Å²) in [5, 5.41) is 10.6. The van der Waals surface area contributed by atoms with Crippen LogP contribution in [-0.2, 0) is 6.54 Å². The molecule has 1 rings (SSSR count). The van der Waals surface area contributed by atoms with Crippen LogP contribution >= 0.6 is 0 Å². The van der Waals surface area contributed by atoms with Crippen LogP contribution in [0.1, 0.15) is 5.56 Å². The number of quaternary nitrogens is 1.